The molecule has 2 saturated heterocycles. The Bertz CT molecular complexity index is 1220. The third-order valence-corrected chi connectivity index (χ3v) is 9.16. The number of aromatic nitrogens is 2. The highest BCUT2D eigenvalue weighted by Gasteiger charge is 2.30. The number of nitrogens with zero attached hydrogens (tertiary/aromatic N) is 4. The second-order valence-corrected chi connectivity index (χ2v) is 11.5. The summed E-state index contributed by atoms with van der Waals surface area (Å²) in [7, 11) is -3.77. The molecule has 35 heavy (non-hydrogen) atoms. The maximum absolute atomic E-state index is 13.5. The molecule has 2 aliphatic rings. The van der Waals surface area contributed by atoms with E-state index in [4.69, 9.17) is 0 Å². The van der Waals surface area contributed by atoms with Gasteiger partial charge in [-0.1, -0.05) is 18.2 Å². The van der Waals surface area contributed by atoms with Gasteiger partial charge in [0.25, 0.3) is 10.0 Å². The molecule has 11 heteroatoms. The topological polar surface area (TPSA) is 102 Å². The van der Waals surface area contributed by atoms with Crippen LogP contribution >= 0.6 is 11.8 Å². The highest BCUT2D eigenvalue weighted by molar-refractivity contribution is 8.00. The highest BCUT2D eigenvalue weighted by Crippen LogP contribution is 2.28. The van der Waals surface area contributed by atoms with Crippen molar-refractivity contribution in [1.29, 1.82) is 0 Å². The first-order chi connectivity index (χ1) is 17.0. The standard InChI is InChI=1S/C24H28N6O3S2/c31-24(23-26-10-15-34-23)29-13-11-28(12-14-29)20-6-8-21(9-7-20)30(17-19-16-25-18-27-19)35(32,33)22-4-2-1-3-5-22/h1-9,16,18,23,26H,10-15,17H2,(H,25,27). The van der Waals surface area contributed by atoms with E-state index in [1.54, 1.807) is 48.3 Å². The van der Waals surface area contributed by atoms with Crippen molar-refractivity contribution in [2.24, 2.45) is 0 Å². The monoisotopic (exact) mass is 512 g/mol. The third kappa shape index (κ3) is 5.16. The number of amides is 1. The molecule has 3 heterocycles. The van der Waals surface area contributed by atoms with Crippen LogP contribution < -0.4 is 14.5 Å². The third-order valence-electron chi connectivity index (χ3n) is 6.23. The summed E-state index contributed by atoms with van der Waals surface area (Å²) in [6.45, 7) is 3.85. The maximum Gasteiger partial charge on any atom is 0.264 e. The maximum atomic E-state index is 13.5. The fourth-order valence-electron chi connectivity index (χ4n) is 4.33. The van der Waals surface area contributed by atoms with Crippen LogP contribution in [0.15, 0.2) is 72.0 Å². The number of carbonyl (C=O) groups excluding carboxylic acids is 1. The van der Waals surface area contributed by atoms with Crippen molar-refractivity contribution in [2.75, 3.05) is 47.7 Å². The molecule has 9 nitrogen and oxygen atoms in total. The average molecular weight is 513 g/mol. The Balaban J connectivity index is 1.31. The van der Waals surface area contributed by atoms with Gasteiger partial charge in [-0.2, -0.15) is 0 Å². The van der Waals surface area contributed by atoms with Crippen LogP contribution in [0.2, 0.25) is 0 Å². The van der Waals surface area contributed by atoms with E-state index in [1.807, 2.05) is 29.2 Å². The lowest BCUT2D eigenvalue weighted by Crippen LogP contribution is -2.52. The zero-order chi connectivity index (χ0) is 24.3. The van der Waals surface area contributed by atoms with Crippen molar-refractivity contribution >= 4 is 39.1 Å². The quantitative estimate of drug-likeness (QED) is 0.500. The van der Waals surface area contributed by atoms with Crippen molar-refractivity contribution in [2.45, 2.75) is 16.8 Å². The van der Waals surface area contributed by atoms with Gasteiger partial charge < -0.3 is 14.8 Å². The number of hydrogen-bond donors (Lipinski definition) is 2. The molecule has 3 aromatic rings. The molecule has 1 atom stereocenters. The number of hydrogen-bond acceptors (Lipinski definition) is 7. The highest BCUT2D eigenvalue weighted by atomic mass is 32.2. The lowest BCUT2D eigenvalue weighted by molar-refractivity contribution is -0.131. The van der Waals surface area contributed by atoms with Gasteiger partial charge in [-0.3, -0.25) is 14.4 Å². The first-order valence-electron chi connectivity index (χ1n) is 11.6. The lowest BCUT2D eigenvalue weighted by Gasteiger charge is -2.37. The Morgan fingerprint density at radius 3 is 2.43 bits per heavy atom. The van der Waals surface area contributed by atoms with E-state index in [0.717, 1.165) is 31.1 Å². The molecule has 184 valence electrons. The summed E-state index contributed by atoms with van der Waals surface area (Å²) >= 11 is 1.67. The van der Waals surface area contributed by atoms with Crippen LogP contribution in [0.25, 0.3) is 0 Å². The summed E-state index contributed by atoms with van der Waals surface area (Å²) < 4.78 is 28.4. The number of carbonyl (C=O) groups is 1. The van der Waals surface area contributed by atoms with Crippen LogP contribution in [-0.2, 0) is 21.4 Å². The van der Waals surface area contributed by atoms with E-state index in [2.05, 4.69) is 20.2 Å². The van der Waals surface area contributed by atoms with Gasteiger partial charge >= 0.3 is 0 Å². The lowest BCUT2D eigenvalue weighted by atomic mass is 10.2. The van der Waals surface area contributed by atoms with Crippen LogP contribution in [0, 0.1) is 0 Å². The Morgan fingerprint density at radius 1 is 1.06 bits per heavy atom. The molecule has 5 rings (SSSR count). The van der Waals surface area contributed by atoms with Crippen LogP contribution in [0.1, 0.15) is 5.69 Å². The van der Waals surface area contributed by atoms with Crippen LogP contribution in [0.5, 0.6) is 0 Å². The van der Waals surface area contributed by atoms with Gasteiger partial charge in [-0.05, 0) is 36.4 Å². The van der Waals surface area contributed by atoms with E-state index < -0.39 is 10.0 Å². The largest absolute Gasteiger partial charge is 0.368 e. The summed E-state index contributed by atoms with van der Waals surface area (Å²) in [5.41, 5.74) is 2.28. The Labute approximate surface area is 209 Å². The number of thioether (sulfide) groups is 1. The minimum atomic E-state index is -3.77. The molecular weight excluding hydrogens is 484 g/mol. The Morgan fingerprint density at radius 2 is 1.80 bits per heavy atom. The Hall–Kier alpha value is -3.02. The van der Waals surface area contributed by atoms with Crippen molar-refractivity contribution in [3.63, 3.8) is 0 Å². The van der Waals surface area contributed by atoms with Gasteiger partial charge in [0.05, 0.1) is 29.1 Å². The van der Waals surface area contributed by atoms with Gasteiger partial charge in [0, 0.05) is 50.4 Å². The molecule has 0 spiro atoms. The van der Waals surface area contributed by atoms with Gasteiger partial charge in [0.1, 0.15) is 5.37 Å². The summed E-state index contributed by atoms with van der Waals surface area (Å²) in [4.78, 5) is 24.1. The van der Waals surface area contributed by atoms with E-state index in [9.17, 15) is 13.2 Å². The first kappa shape index (κ1) is 23.7. The SMILES string of the molecule is O=C(C1NCCS1)N1CCN(c2ccc(N(Cc3cnc[nH]3)S(=O)(=O)c3ccccc3)cc2)CC1. The summed E-state index contributed by atoms with van der Waals surface area (Å²) in [5.74, 6) is 1.14. The predicted octanol–water partition coefficient (Wildman–Crippen LogP) is 2.12. The molecule has 2 aliphatic heterocycles. The number of anilines is 2. The van der Waals surface area contributed by atoms with E-state index in [0.29, 0.717) is 24.5 Å². The van der Waals surface area contributed by atoms with Crippen LogP contribution in [0.3, 0.4) is 0 Å². The molecule has 2 N–H and O–H groups in total. The summed E-state index contributed by atoms with van der Waals surface area (Å²) in [6, 6.07) is 16.0. The van der Waals surface area contributed by atoms with Crippen molar-refractivity contribution < 1.29 is 13.2 Å². The molecule has 0 radical (unpaired) electrons. The van der Waals surface area contributed by atoms with Crippen molar-refractivity contribution in [3.8, 4) is 0 Å². The smallest absolute Gasteiger partial charge is 0.264 e. The number of sulfonamides is 1. The zero-order valence-electron chi connectivity index (χ0n) is 19.2. The minimum absolute atomic E-state index is 0.117. The second-order valence-electron chi connectivity index (χ2n) is 8.44. The normalized spacial score (nSPS) is 18.6. The first-order valence-corrected chi connectivity index (χ1v) is 14.0. The number of benzene rings is 2. The van der Waals surface area contributed by atoms with E-state index >= 15 is 0 Å². The molecule has 2 aromatic carbocycles. The second kappa shape index (κ2) is 10.3. The van der Waals surface area contributed by atoms with E-state index in [1.165, 1.54) is 10.6 Å². The van der Waals surface area contributed by atoms with Crippen molar-refractivity contribution in [3.05, 3.63) is 72.8 Å². The molecule has 0 aliphatic carbocycles. The fourth-order valence-corrected chi connectivity index (χ4v) is 6.79. The molecule has 0 saturated carbocycles. The summed E-state index contributed by atoms with van der Waals surface area (Å²) in [6.07, 6.45) is 3.17. The number of piperazine rings is 1. The Kier molecular flexibility index (Phi) is 6.98. The van der Waals surface area contributed by atoms with Gasteiger partial charge in [0.2, 0.25) is 5.91 Å². The minimum Gasteiger partial charge on any atom is -0.368 e. The molecular formula is C24H28N6O3S2. The zero-order valence-corrected chi connectivity index (χ0v) is 20.8. The van der Waals surface area contributed by atoms with Gasteiger partial charge in [-0.25, -0.2) is 13.4 Å². The molecule has 1 amide bonds. The number of H-pyrrole nitrogens is 1. The number of rotatable bonds is 7. The number of imidazole rings is 1. The number of nitrogens with one attached hydrogen (secondary N) is 2. The fraction of sp³-hybridized carbons (Fsp3) is 0.333. The van der Waals surface area contributed by atoms with Crippen molar-refractivity contribution in [1.82, 2.24) is 20.2 Å². The van der Waals surface area contributed by atoms with Crippen LogP contribution in [-0.4, -0.2) is 73.0 Å². The van der Waals surface area contributed by atoms with Gasteiger partial charge in [-0.15, -0.1) is 11.8 Å². The summed E-state index contributed by atoms with van der Waals surface area (Å²) in [5, 5.41) is 3.13. The average Bonchev–Trinajstić information content (AvgIpc) is 3.62. The predicted molar refractivity (Wildman–Crippen MR) is 138 cm³/mol. The number of aromatic amines is 1. The van der Waals surface area contributed by atoms with Gasteiger partial charge in [0.15, 0.2) is 0 Å². The molecule has 1 unspecified atom stereocenters. The van der Waals surface area contributed by atoms with E-state index in [-0.39, 0.29) is 22.7 Å². The molecule has 0 bridgehead atoms. The van der Waals surface area contributed by atoms with Crippen LogP contribution in [0.4, 0.5) is 11.4 Å². The molecule has 2 fully saturated rings. The molecule has 1 aromatic heterocycles.